The fraction of sp³-hybridized carbons (Fsp3) is 0.586. The summed E-state index contributed by atoms with van der Waals surface area (Å²) < 4.78 is 53.1. The average molecular weight is 547 g/mol. The molecule has 0 unspecified atom stereocenters. The fourth-order valence-corrected chi connectivity index (χ4v) is 5.58. The number of benzene rings is 2. The van der Waals surface area contributed by atoms with Gasteiger partial charge in [0, 0.05) is 18.7 Å². The van der Waals surface area contributed by atoms with Crippen molar-refractivity contribution < 1.29 is 47.7 Å². The van der Waals surface area contributed by atoms with Crippen LogP contribution in [0.25, 0.3) is 0 Å². The van der Waals surface area contributed by atoms with Gasteiger partial charge in [-0.3, -0.25) is 0 Å². The van der Waals surface area contributed by atoms with Gasteiger partial charge in [-0.1, -0.05) is 19.4 Å². The standard InChI is InChI=1S/C29H38O10/c1-6-7-9-19-25(15-31-2)38-23-12-17(22(34-5)13-24(23)37-19)26-18-14-35-28(29(18,30)16-36-26)39-27-20(32-3)10-8-11-21(27)33-4/h8,10-13,18-19,25-26,28,30H,6-7,9,14-16H2,1-5H3/t18-,19+,25+,26+,28+,29-/m1/s1. The molecule has 0 bridgehead atoms. The van der Waals surface area contributed by atoms with Crippen LogP contribution in [-0.2, 0) is 14.2 Å². The van der Waals surface area contributed by atoms with E-state index in [-0.39, 0.29) is 25.4 Å². The number of hydrogen-bond acceptors (Lipinski definition) is 10. The Bertz CT molecular complexity index is 1120. The van der Waals surface area contributed by atoms with E-state index in [0.29, 0.717) is 41.1 Å². The molecule has 10 heteroatoms. The molecule has 0 aromatic heterocycles. The van der Waals surface area contributed by atoms with Gasteiger partial charge < -0.3 is 47.7 Å². The van der Waals surface area contributed by atoms with E-state index in [1.54, 1.807) is 46.6 Å². The summed E-state index contributed by atoms with van der Waals surface area (Å²) in [5, 5.41) is 11.8. The molecule has 214 valence electrons. The Morgan fingerprint density at radius 1 is 0.923 bits per heavy atom. The van der Waals surface area contributed by atoms with Crippen molar-refractivity contribution in [2.45, 2.75) is 56.4 Å². The first-order chi connectivity index (χ1) is 19.0. The third kappa shape index (κ3) is 5.06. The molecule has 0 aliphatic carbocycles. The van der Waals surface area contributed by atoms with Gasteiger partial charge in [0.05, 0.1) is 53.2 Å². The summed E-state index contributed by atoms with van der Waals surface area (Å²) in [5.74, 6) is 2.65. The third-order valence-corrected chi connectivity index (χ3v) is 7.69. The summed E-state index contributed by atoms with van der Waals surface area (Å²) in [6.45, 7) is 2.78. The van der Waals surface area contributed by atoms with Gasteiger partial charge in [-0.25, -0.2) is 0 Å². The van der Waals surface area contributed by atoms with Gasteiger partial charge in [-0.05, 0) is 31.0 Å². The van der Waals surface area contributed by atoms with E-state index in [1.807, 2.05) is 12.1 Å². The molecular formula is C29H38O10. The Labute approximate surface area is 228 Å². The fourth-order valence-electron chi connectivity index (χ4n) is 5.58. The monoisotopic (exact) mass is 546 g/mol. The molecule has 2 aromatic carbocycles. The lowest BCUT2D eigenvalue weighted by atomic mass is 9.85. The molecule has 2 fully saturated rings. The molecule has 2 saturated heterocycles. The predicted molar refractivity (Wildman–Crippen MR) is 140 cm³/mol. The zero-order valence-corrected chi connectivity index (χ0v) is 23.1. The lowest BCUT2D eigenvalue weighted by Crippen LogP contribution is -2.47. The Morgan fingerprint density at radius 2 is 1.62 bits per heavy atom. The minimum atomic E-state index is -1.42. The van der Waals surface area contributed by atoms with Gasteiger partial charge in [0.15, 0.2) is 34.7 Å². The van der Waals surface area contributed by atoms with E-state index in [1.165, 1.54) is 0 Å². The first kappa shape index (κ1) is 27.6. The van der Waals surface area contributed by atoms with Gasteiger partial charge in [-0.15, -0.1) is 0 Å². The van der Waals surface area contributed by atoms with E-state index < -0.39 is 23.9 Å². The van der Waals surface area contributed by atoms with Crippen LogP contribution >= 0.6 is 0 Å². The first-order valence-electron chi connectivity index (χ1n) is 13.3. The lowest BCUT2D eigenvalue weighted by Gasteiger charge is -2.35. The van der Waals surface area contributed by atoms with Crippen LogP contribution in [0.2, 0.25) is 0 Å². The van der Waals surface area contributed by atoms with Crippen molar-refractivity contribution >= 4 is 0 Å². The Hall–Kier alpha value is -2.92. The number of fused-ring (bicyclic) bond motifs is 2. The van der Waals surface area contributed by atoms with Crippen LogP contribution in [0.1, 0.15) is 37.9 Å². The van der Waals surface area contributed by atoms with Crippen molar-refractivity contribution in [1.82, 2.24) is 0 Å². The van der Waals surface area contributed by atoms with Crippen molar-refractivity contribution in [1.29, 1.82) is 0 Å². The maximum Gasteiger partial charge on any atom is 0.232 e. The summed E-state index contributed by atoms with van der Waals surface area (Å²) in [6, 6.07) is 9.01. The Morgan fingerprint density at radius 3 is 2.28 bits per heavy atom. The van der Waals surface area contributed by atoms with Crippen molar-refractivity contribution in [2.75, 3.05) is 48.3 Å². The number of unbranched alkanes of at least 4 members (excludes halogenated alkanes) is 1. The van der Waals surface area contributed by atoms with Crippen LogP contribution in [0.4, 0.5) is 0 Å². The maximum absolute atomic E-state index is 11.8. The second kappa shape index (κ2) is 11.7. The summed E-state index contributed by atoms with van der Waals surface area (Å²) in [4.78, 5) is 0. The van der Waals surface area contributed by atoms with E-state index >= 15 is 0 Å². The van der Waals surface area contributed by atoms with Crippen molar-refractivity contribution in [3.8, 4) is 34.5 Å². The number of methoxy groups -OCH3 is 4. The normalized spacial score (nSPS) is 29.1. The summed E-state index contributed by atoms with van der Waals surface area (Å²) in [6.07, 6.45) is 1.09. The molecule has 5 rings (SSSR count). The van der Waals surface area contributed by atoms with Gasteiger partial charge in [0.25, 0.3) is 0 Å². The number of aliphatic hydroxyl groups is 1. The van der Waals surface area contributed by atoms with E-state index in [0.717, 1.165) is 24.8 Å². The Balaban J connectivity index is 1.41. The van der Waals surface area contributed by atoms with Gasteiger partial charge in [0.1, 0.15) is 11.9 Å². The predicted octanol–water partition coefficient (Wildman–Crippen LogP) is 3.91. The van der Waals surface area contributed by atoms with Crippen LogP contribution in [0.15, 0.2) is 30.3 Å². The second-order valence-corrected chi connectivity index (χ2v) is 10.1. The number of hydrogen-bond donors (Lipinski definition) is 1. The molecule has 2 aromatic rings. The topological polar surface area (TPSA) is 103 Å². The largest absolute Gasteiger partial charge is 0.496 e. The molecule has 0 spiro atoms. The minimum absolute atomic E-state index is 0.00739. The van der Waals surface area contributed by atoms with E-state index in [2.05, 4.69) is 6.92 Å². The highest BCUT2D eigenvalue weighted by atomic mass is 16.7. The van der Waals surface area contributed by atoms with Crippen molar-refractivity contribution in [2.24, 2.45) is 5.92 Å². The van der Waals surface area contributed by atoms with Gasteiger partial charge in [-0.2, -0.15) is 0 Å². The SMILES string of the molecule is CCCC[C@@H]1Oc2cc(OC)c([C@@H]3OC[C@]4(O)[C@H](Oc5c(OC)cccc5OC)OC[C@H]34)cc2O[C@H]1COC. The molecule has 3 aliphatic heterocycles. The zero-order chi connectivity index (χ0) is 27.6. The maximum atomic E-state index is 11.8. The highest BCUT2D eigenvalue weighted by molar-refractivity contribution is 5.54. The molecule has 3 aliphatic rings. The number of para-hydroxylation sites is 1. The zero-order valence-electron chi connectivity index (χ0n) is 23.1. The molecule has 3 heterocycles. The van der Waals surface area contributed by atoms with Crippen LogP contribution in [0.3, 0.4) is 0 Å². The molecule has 0 saturated carbocycles. The highest BCUT2D eigenvalue weighted by Crippen LogP contribution is 2.53. The van der Waals surface area contributed by atoms with E-state index in [4.69, 9.17) is 42.6 Å². The average Bonchev–Trinajstić information content (AvgIpc) is 3.45. The molecule has 39 heavy (non-hydrogen) atoms. The van der Waals surface area contributed by atoms with Crippen LogP contribution in [0.5, 0.6) is 34.5 Å². The van der Waals surface area contributed by atoms with E-state index in [9.17, 15) is 5.11 Å². The third-order valence-electron chi connectivity index (χ3n) is 7.69. The second-order valence-electron chi connectivity index (χ2n) is 10.1. The van der Waals surface area contributed by atoms with Crippen LogP contribution < -0.4 is 28.4 Å². The highest BCUT2D eigenvalue weighted by Gasteiger charge is 2.61. The van der Waals surface area contributed by atoms with Crippen LogP contribution in [0, 0.1) is 5.92 Å². The number of rotatable bonds is 11. The number of ether oxygens (including phenoxy) is 9. The molecular weight excluding hydrogens is 508 g/mol. The molecule has 0 radical (unpaired) electrons. The summed E-state index contributed by atoms with van der Waals surface area (Å²) in [5.41, 5.74) is -0.679. The first-order valence-corrected chi connectivity index (χ1v) is 13.3. The molecule has 10 nitrogen and oxygen atoms in total. The van der Waals surface area contributed by atoms with Crippen molar-refractivity contribution in [3.63, 3.8) is 0 Å². The minimum Gasteiger partial charge on any atom is -0.496 e. The summed E-state index contributed by atoms with van der Waals surface area (Å²) >= 11 is 0. The lowest BCUT2D eigenvalue weighted by molar-refractivity contribution is -0.153. The smallest absolute Gasteiger partial charge is 0.232 e. The van der Waals surface area contributed by atoms with Gasteiger partial charge in [0.2, 0.25) is 12.0 Å². The Kier molecular flexibility index (Phi) is 8.27. The van der Waals surface area contributed by atoms with Gasteiger partial charge >= 0.3 is 0 Å². The molecule has 0 amide bonds. The van der Waals surface area contributed by atoms with Crippen molar-refractivity contribution in [3.05, 3.63) is 35.9 Å². The molecule has 6 atom stereocenters. The molecule has 1 N–H and O–H groups in total. The summed E-state index contributed by atoms with van der Waals surface area (Å²) in [7, 11) is 6.34. The quantitative estimate of drug-likeness (QED) is 0.446. The van der Waals surface area contributed by atoms with Crippen LogP contribution in [-0.4, -0.2) is 77.5 Å².